The van der Waals surface area contributed by atoms with Gasteiger partial charge in [-0.15, -0.1) is 11.8 Å². The summed E-state index contributed by atoms with van der Waals surface area (Å²) in [6.07, 6.45) is 4.78. The number of nitrogens with two attached hydrogens (primary N) is 1. The third kappa shape index (κ3) is 4.25. The molecule has 1 amide bonds. The summed E-state index contributed by atoms with van der Waals surface area (Å²) in [6.45, 7) is 7.74. The van der Waals surface area contributed by atoms with Crippen molar-refractivity contribution in [3.8, 4) is 0 Å². The predicted octanol–water partition coefficient (Wildman–Crippen LogP) is 0.608. The fourth-order valence-corrected chi connectivity index (χ4v) is 5.59. The number of ether oxygens (including phenoxy) is 1. The summed E-state index contributed by atoms with van der Waals surface area (Å²) in [6, 6.07) is -1.24. The minimum absolute atomic E-state index is 0.168. The number of β-lactam (4-membered cyclic amide) rings is 1. The maximum Gasteiger partial charge on any atom is 0.327 e. The van der Waals surface area contributed by atoms with Crippen LogP contribution in [0, 0.1) is 5.92 Å². The van der Waals surface area contributed by atoms with Gasteiger partial charge < -0.3 is 25.4 Å². The summed E-state index contributed by atoms with van der Waals surface area (Å²) in [7, 11) is 0. The number of rotatable bonds is 8. The number of aliphatic carboxylic acids is 1. The first-order valence-electron chi connectivity index (χ1n) is 9.63. The zero-order valence-corrected chi connectivity index (χ0v) is 16.9. The number of aliphatic imine (C=N–C) groups is 1. The maximum absolute atomic E-state index is 12.4. The lowest BCUT2D eigenvalue weighted by Gasteiger charge is -2.41. The molecule has 152 valence electrons. The topological polar surface area (TPSA) is 108 Å². The maximum atomic E-state index is 12.4. The third-order valence-corrected chi connectivity index (χ3v) is 7.09. The second kappa shape index (κ2) is 8.36. The number of piperidine rings is 1. The van der Waals surface area contributed by atoms with E-state index in [1.165, 1.54) is 16.7 Å². The monoisotopic (exact) mass is 398 g/mol. The van der Waals surface area contributed by atoms with Crippen molar-refractivity contribution >= 4 is 30.0 Å². The number of carbonyl (C=O) groups excluding carboxylic acids is 1. The number of thioether (sulfide) groups is 1. The molecule has 3 aliphatic rings. The van der Waals surface area contributed by atoms with E-state index in [9.17, 15) is 14.7 Å². The first kappa shape index (κ1) is 20.4. The molecular weight excluding hydrogens is 368 g/mol. The molecule has 27 heavy (non-hydrogen) atoms. The van der Waals surface area contributed by atoms with Gasteiger partial charge in [0.15, 0.2) is 6.04 Å². The Morgan fingerprint density at radius 3 is 2.78 bits per heavy atom. The third-order valence-electron chi connectivity index (χ3n) is 5.53. The fourth-order valence-electron chi connectivity index (χ4n) is 3.97. The van der Waals surface area contributed by atoms with Crippen molar-refractivity contribution in [2.75, 3.05) is 32.8 Å². The molecule has 0 saturated carbocycles. The van der Waals surface area contributed by atoms with E-state index < -0.39 is 22.8 Å². The number of hydrogen-bond donors (Lipinski definition) is 2. The van der Waals surface area contributed by atoms with Crippen LogP contribution in [0.5, 0.6) is 0 Å². The van der Waals surface area contributed by atoms with Gasteiger partial charge in [-0.05, 0) is 45.6 Å². The van der Waals surface area contributed by atoms with Gasteiger partial charge in [0.1, 0.15) is 11.4 Å². The molecule has 3 atom stereocenters. The molecular formula is C18H30N4O4S. The van der Waals surface area contributed by atoms with Crippen molar-refractivity contribution in [2.24, 2.45) is 16.6 Å². The number of carboxylic acid groups (broad SMARTS) is 1. The largest absolute Gasteiger partial charge is 0.480 e. The molecule has 0 radical (unpaired) electrons. The number of hydrogen-bond acceptors (Lipinski definition) is 6. The summed E-state index contributed by atoms with van der Waals surface area (Å²) < 4.78 is 5.15. The summed E-state index contributed by atoms with van der Waals surface area (Å²) in [5, 5.41) is 9.29. The number of amides is 1. The van der Waals surface area contributed by atoms with Crippen LogP contribution in [0.1, 0.15) is 33.1 Å². The van der Waals surface area contributed by atoms with Crippen LogP contribution in [0.3, 0.4) is 0 Å². The minimum Gasteiger partial charge on any atom is -0.480 e. The van der Waals surface area contributed by atoms with Crippen molar-refractivity contribution in [3.63, 3.8) is 0 Å². The lowest BCUT2D eigenvalue weighted by atomic mass is 9.96. The molecule has 3 N–H and O–H groups in total. The molecule has 3 fully saturated rings. The van der Waals surface area contributed by atoms with Crippen LogP contribution < -0.4 is 5.73 Å². The van der Waals surface area contributed by atoms with Crippen LogP contribution in [0.25, 0.3) is 0 Å². The Balaban J connectivity index is 1.46. The highest BCUT2D eigenvalue weighted by Crippen LogP contribution is 2.51. The second-order valence-electron chi connectivity index (χ2n) is 8.00. The average Bonchev–Trinajstić information content (AvgIpc) is 2.88. The first-order valence-corrected chi connectivity index (χ1v) is 10.5. The smallest absolute Gasteiger partial charge is 0.327 e. The van der Waals surface area contributed by atoms with E-state index in [1.807, 2.05) is 13.8 Å². The van der Waals surface area contributed by atoms with Gasteiger partial charge in [-0.2, -0.15) is 0 Å². The summed E-state index contributed by atoms with van der Waals surface area (Å²) in [5.74, 6) is -0.554. The Labute approximate surface area is 164 Å². The highest BCUT2D eigenvalue weighted by Gasteiger charge is 2.63. The van der Waals surface area contributed by atoms with E-state index in [0.717, 1.165) is 45.6 Å². The molecule has 3 saturated heterocycles. The molecule has 8 nitrogen and oxygen atoms in total. The molecule has 9 heteroatoms. The van der Waals surface area contributed by atoms with Crippen molar-refractivity contribution in [3.05, 3.63) is 0 Å². The quantitative estimate of drug-likeness (QED) is 0.267. The van der Waals surface area contributed by atoms with E-state index in [-0.39, 0.29) is 11.3 Å². The molecule has 0 unspecified atom stereocenters. The number of likely N-dealkylation sites (tertiary alicyclic amines) is 1. The number of nitrogens with zero attached hydrogens (tertiary/aromatic N) is 3. The molecule has 0 aromatic rings. The Morgan fingerprint density at radius 2 is 2.15 bits per heavy atom. The zero-order valence-electron chi connectivity index (χ0n) is 16.0. The van der Waals surface area contributed by atoms with Gasteiger partial charge in [0.2, 0.25) is 0 Å². The highest BCUT2D eigenvalue weighted by molar-refractivity contribution is 8.01. The van der Waals surface area contributed by atoms with Crippen molar-refractivity contribution in [1.29, 1.82) is 0 Å². The normalized spacial score (nSPS) is 30.6. The molecule has 3 rings (SSSR count). The van der Waals surface area contributed by atoms with E-state index in [1.54, 1.807) is 6.34 Å². The van der Waals surface area contributed by atoms with E-state index in [4.69, 9.17) is 10.5 Å². The van der Waals surface area contributed by atoms with Crippen LogP contribution >= 0.6 is 11.8 Å². The molecule has 0 aromatic carbocycles. The molecule has 0 bridgehead atoms. The van der Waals surface area contributed by atoms with Gasteiger partial charge in [-0.1, -0.05) is 0 Å². The fraction of sp³-hybridized carbons (Fsp3) is 0.833. The molecule has 0 aliphatic carbocycles. The molecule has 3 heterocycles. The van der Waals surface area contributed by atoms with Gasteiger partial charge in [0, 0.05) is 31.1 Å². The van der Waals surface area contributed by atoms with Crippen molar-refractivity contribution < 1.29 is 19.4 Å². The molecule has 0 spiro atoms. The lowest BCUT2D eigenvalue weighted by molar-refractivity contribution is -0.158. The van der Waals surface area contributed by atoms with E-state index in [2.05, 4.69) is 9.89 Å². The number of fused-ring (bicyclic) bond motifs is 1. The molecule has 0 aromatic heterocycles. The predicted molar refractivity (Wildman–Crippen MR) is 105 cm³/mol. The Morgan fingerprint density at radius 1 is 1.44 bits per heavy atom. The van der Waals surface area contributed by atoms with E-state index in [0.29, 0.717) is 12.5 Å². The van der Waals surface area contributed by atoms with Gasteiger partial charge in [-0.25, -0.2) is 4.79 Å². The lowest BCUT2D eigenvalue weighted by Crippen LogP contribution is -2.65. The average molecular weight is 399 g/mol. The summed E-state index contributed by atoms with van der Waals surface area (Å²) in [4.78, 5) is 32.1. The van der Waals surface area contributed by atoms with Crippen molar-refractivity contribution in [1.82, 2.24) is 9.80 Å². The van der Waals surface area contributed by atoms with Crippen LogP contribution in [-0.2, 0) is 14.3 Å². The van der Waals surface area contributed by atoms with Crippen LogP contribution in [0.15, 0.2) is 4.99 Å². The second-order valence-corrected chi connectivity index (χ2v) is 9.77. The summed E-state index contributed by atoms with van der Waals surface area (Å²) >= 11 is 1.53. The van der Waals surface area contributed by atoms with Crippen LogP contribution in [0.4, 0.5) is 0 Å². The first-order chi connectivity index (χ1) is 12.8. The SMILES string of the molecule is CC1(C)S[C@@H]2[C@H](N=CN3CCC(COCCCN)CC3)C(=O)N2[C@H]1C(=O)O. The minimum atomic E-state index is -0.943. The Bertz CT molecular complexity index is 592. The highest BCUT2D eigenvalue weighted by atomic mass is 32.2. The van der Waals surface area contributed by atoms with Gasteiger partial charge in [0.25, 0.3) is 5.91 Å². The number of carbonyl (C=O) groups is 2. The zero-order chi connectivity index (χ0) is 19.6. The van der Waals surface area contributed by atoms with Crippen molar-refractivity contribution in [2.45, 2.75) is 55.3 Å². The number of carboxylic acids is 1. The standard InChI is InChI=1S/C18H30N4O4S/c1-18(2)14(17(24)25)22-15(23)13(16(22)27-18)20-11-21-7-4-12(5-8-21)10-26-9-3-6-19/h11-14,16H,3-10,19H2,1-2H3,(H,24,25)/t13-,14+,16-/m1/s1. The Hall–Kier alpha value is -1.32. The van der Waals surface area contributed by atoms with E-state index >= 15 is 0 Å². The van der Waals surface area contributed by atoms with Crippen LogP contribution in [-0.4, -0.2) is 88.2 Å². The van der Waals surface area contributed by atoms with Gasteiger partial charge in [-0.3, -0.25) is 9.79 Å². The summed E-state index contributed by atoms with van der Waals surface area (Å²) in [5.41, 5.74) is 5.46. The van der Waals surface area contributed by atoms with Gasteiger partial charge in [0.05, 0.1) is 6.34 Å². The Kier molecular flexibility index (Phi) is 6.32. The molecule has 3 aliphatic heterocycles. The van der Waals surface area contributed by atoms with Crippen LogP contribution in [0.2, 0.25) is 0 Å². The van der Waals surface area contributed by atoms with Gasteiger partial charge >= 0.3 is 5.97 Å².